The SMILES string of the molecule is COC(=O)CCCC(=O)c1ccc2c(c1)CCO2. The van der Waals surface area contributed by atoms with Gasteiger partial charge in [-0.25, -0.2) is 0 Å². The first-order chi connectivity index (χ1) is 8.70. The lowest BCUT2D eigenvalue weighted by molar-refractivity contribution is -0.140. The molecule has 0 saturated carbocycles. The molecule has 4 heteroatoms. The highest BCUT2D eigenvalue weighted by molar-refractivity contribution is 5.96. The Balaban J connectivity index is 1.91. The van der Waals surface area contributed by atoms with Crippen LogP contribution >= 0.6 is 0 Å². The molecule has 18 heavy (non-hydrogen) atoms. The van der Waals surface area contributed by atoms with Crippen molar-refractivity contribution in [1.82, 2.24) is 0 Å². The lowest BCUT2D eigenvalue weighted by Crippen LogP contribution is -2.04. The molecule has 0 spiro atoms. The van der Waals surface area contributed by atoms with E-state index in [2.05, 4.69) is 4.74 Å². The molecule has 0 unspecified atom stereocenters. The zero-order valence-electron chi connectivity index (χ0n) is 10.4. The summed E-state index contributed by atoms with van der Waals surface area (Å²) in [6.45, 7) is 0.690. The number of benzene rings is 1. The van der Waals surface area contributed by atoms with Crippen LogP contribution in [0, 0.1) is 0 Å². The Labute approximate surface area is 106 Å². The van der Waals surface area contributed by atoms with E-state index in [4.69, 9.17) is 4.74 Å². The molecule has 0 aliphatic carbocycles. The molecular weight excluding hydrogens is 232 g/mol. The van der Waals surface area contributed by atoms with Crippen LogP contribution in [0.3, 0.4) is 0 Å². The van der Waals surface area contributed by atoms with Crippen LogP contribution < -0.4 is 4.74 Å². The van der Waals surface area contributed by atoms with Gasteiger partial charge in [0.15, 0.2) is 5.78 Å². The highest BCUT2D eigenvalue weighted by Crippen LogP contribution is 2.26. The topological polar surface area (TPSA) is 52.6 Å². The molecule has 0 radical (unpaired) electrons. The van der Waals surface area contributed by atoms with Gasteiger partial charge in [-0.3, -0.25) is 9.59 Å². The average Bonchev–Trinajstić information content (AvgIpc) is 2.85. The third-order valence-electron chi connectivity index (χ3n) is 3.02. The van der Waals surface area contributed by atoms with Crippen LogP contribution in [0.25, 0.3) is 0 Å². The number of hydrogen-bond acceptors (Lipinski definition) is 4. The van der Waals surface area contributed by atoms with Crippen LogP contribution in [-0.2, 0) is 16.0 Å². The van der Waals surface area contributed by atoms with Crippen molar-refractivity contribution in [2.75, 3.05) is 13.7 Å². The maximum Gasteiger partial charge on any atom is 0.305 e. The summed E-state index contributed by atoms with van der Waals surface area (Å²) in [6, 6.07) is 5.52. The van der Waals surface area contributed by atoms with Gasteiger partial charge in [0, 0.05) is 24.8 Å². The number of Topliss-reactive ketones (excluding diaryl/α,β-unsaturated/α-hetero) is 1. The third-order valence-corrected chi connectivity index (χ3v) is 3.02. The fourth-order valence-corrected chi connectivity index (χ4v) is 2.00. The number of rotatable bonds is 5. The Morgan fingerprint density at radius 1 is 1.33 bits per heavy atom. The minimum Gasteiger partial charge on any atom is -0.493 e. The second-order valence-corrected chi connectivity index (χ2v) is 4.27. The van der Waals surface area contributed by atoms with Gasteiger partial charge in [-0.15, -0.1) is 0 Å². The van der Waals surface area contributed by atoms with E-state index in [0.717, 1.165) is 17.7 Å². The monoisotopic (exact) mass is 248 g/mol. The number of esters is 1. The first kappa shape index (κ1) is 12.6. The van der Waals surface area contributed by atoms with E-state index in [1.807, 2.05) is 12.1 Å². The lowest BCUT2D eigenvalue weighted by atomic mass is 10.0. The molecular formula is C14H16O4. The molecule has 1 heterocycles. The Bertz CT molecular complexity index is 465. The molecule has 1 aliphatic heterocycles. The summed E-state index contributed by atoms with van der Waals surface area (Å²) in [6.07, 6.45) is 2.04. The second kappa shape index (κ2) is 5.67. The van der Waals surface area contributed by atoms with Crippen molar-refractivity contribution in [1.29, 1.82) is 0 Å². The first-order valence-corrected chi connectivity index (χ1v) is 6.06. The van der Waals surface area contributed by atoms with Gasteiger partial charge in [-0.2, -0.15) is 0 Å². The van der Waals surface area contributed by atoms with Gasteiger partial charge in [0.2, 0.25) is 0 Å². The largest absolute Gasteiger partial charge is 0.493 e. The molecule has 0 amide bonds. The standard InChI is InChI=1S/C14H16O4/c1-17-14(16)4-2-3-12(15)10-5-6-13-11(9-10)7-8-18-13/h5-6,9H,2-4,7-8H2,1H3. The number of carbonyl (C=O) groups is 2. The van der Waals surface area contributed by atoms with Crippen LogP contribution in [0.2, 0.25) is 0 Å². The number of methoxy groups -OCH3 is 1. The summed E-state index contributed by atoms with van der Waals surface area (Å²) in [5.74, 6) is 0.667. The molecule has 1 aromatic carbocycles. The summed E-state index contributed by atoms with van der Waals surface area (Å²) in [7, 11) is 1.35. The highest BCUT2D eigenvalue weighted by atomic mass is 16.5. The molecule has 0 aromatic heterocycles. The van der Waals surface area contributed by atoms with E-state index in [1.165, 1.54) is 7.11 Å². The number of ketones is 1. The minimum atomic E-state index is -0.273. The van der Waals surface area contributed by atoms with Crippen LogP contribution in [0.15, 0.2) is 18.2 Å². The van der Waals surface area contributed by atoms with Crippen molar-refractivity contribution in [3.63, 3.8) is 0 Å². The number of ether oxygens (including phenoxy) is 2. The predicted molar refractivity (Wildman–Crippen MR) is 65.8 cm³/mol. The van der Waals surface area contributed by atoms with Crippen molar-refractivity contribution in [3.05, 3.63) is 29.3 Å². The van der Waals surface area contributed by atoms with Crippen molar-refractivity contribution in [2.45, 2.75) is 25.7 Å². The number of fused-ring (bicyclic) bond motifs is 1. The second-order valence-electron chi connectivity index (χ2n) is 4.27. The molecule has 1 aliphatic rings. The molecule has 96 valence electrons. The zero-order chi connectivity index (χ0) is 13.0. The van der Waals surface area contributed by atoms with Gasteiger partial charge in [0.05, 0.1) is 13.7 Å². The molecule has 4 nitrogen and oxygen atoms in total. The van der Waals surface area contributed by atoms with E-state index in [9.17, 15) is 9.59 Å². The fourth-order valence-electron chi connectivity index (χ4n) is 2.00. The van der Waals surface area contributed by atoms with Crippen molar-refractivity contribution < 1.29 is 19.1 Å². The molecule has 1 aromatic rings. The lowest BCUT2D eigenvalue weighted by Gasteiger charge is -2.03. The van der Waals surface area contributed by atoms with Crippen LogP contribution in [0.4, 0.5) is 0 Å². The molecule has 0 N–H and O–H groups in total. The minimum absolute atomic E-state index is 0.0635. The van der Waals surface area contributed by atoms with Crippen molar-refractivity contribution >= 4 is 11.8 Å². The maximum absolute atomic E-state index is 11.9. The van der Waals surface area contributed by atoms with Gasteiger partial charge >= 0.3 is 5.97 Å². The molecule has 0 bridgehead atoms. The van der Waals surface area contributed by atoms with Crippen LogP contribution in [-0.4, -0.2) is 25.5 Å². The molecule has 0 atom stereocenters. The van der Waals surface area contributed by atoms with E-state index in [0.29, 0.717) is 25.0 Å². The van der Waals surface area contributed by atoms with Gasteiger partial charge in [0.25, 0.3) is 0 Å². The van der Waals surface area contributed by atoms with Crippen LogP contribution in [0.1, 0.15) is 35.2 Å². The highest BCUT2D eigenvalue weighted by Gasteiger charge is 2.15. The third kappa shape index (κ3) is 2.88. The Morgan fingerprint density at radius 2 is 2.17 bits per heavy atom. The van der Waals surface area contributed by atoms with E-state index in [-0.39, 0.29) is 18.2 Å². The normalized spacial score (nSPS) is 12.7. The Morgan fingerprint density at radius 3 is 2.94 bits per heavy atom. The van der Waals surface area contributed by atoms with Crippen molar-refractivity contribution in [2.24, 2.45) is 0 Å². The maximum atomic E-state index is 11.9. The summed E-state index contributed by atoms with van der Waals surface area (Å²) in [5, 5.41) is 0. The number of carbonyl (C=O) groups excluding carboxylic acids is 2. The van der Waals surface area contributed by atoms with Crippen LogP contribution in [0.5, 0.6) is 5.75 Å². The average molecular weight is 248 g/mol. The van der Waals surface area contributed by atoms with Gasteiger partial charge in [0.1, 0.15) is 5.75 Å². The van der Waals surface area contributed by atoms with Gasteiger partial charge in [-0.1, -0.05) is 0 Å². The summed E-state index contributed by atoms with van der Waals surface area (Å²) >= 11 is 0. The Hall–Kier alpha value is -1.84. The molecule has 0 saturated heterocycles. The van der Waals surface area contributed by atoms with E-state index < -0.39 is 0 Å². The predicted octanol–water partition coefficient (Wildman–Crippen LogP) is 2.15. The zero-order valence-corrected chi connectivity index (χ0v) is 10.4. The van der Waals surface area contributed by atoms with Crippen molar-refractivity contribution in [3.8, 4) is 5.75 Å². The smallest absolute Gasteiger partial charge is 0.305 e. The Kier molecular flexibility index (Phi) is 3.97. The summed E-state index contributed by atoms with van der Waals surface area (Å²) in [5.41, 5.74) is 1.79. The molecule has 0 fully saturated rings. The summed E-state index contributed by atoms with van der Waals surface area (Å²) in [4.78, 5) is 22.9. The summed E-state index contributed by atoms with van der Waals surface area (Å²) < 4.78 is 9.92. The van der Waals surface area contributed by atoms with E-state index >= 15 is 0 Å². The quantitative estimate of drug-likeness (QED) is 0.592. The van der Waals surface area contributed by atoms with E-state index in [1.54, 1.807) is 6.07 Å². The number of hydrogen-bond donors (Lipinski definition) is 0. The molecule has 2 rings (SSSR count). The van der Waals surface area contributed by atoms with Gasteiger partial charge < -0.3 is 9.47 Å². The van der Waals surface area contributed by atoms with Gasteiger partial charge in [-0.05, 0) is 30.2 Å². The first-order valence-electron chi connectivity index (χ1n) is 6.06. The fraction of sp³-hybridized carbons (Fsp3) is 0.429.